The molecular weight excluding hydrogens is 445 g/mol. The summed E-state index contributed by atoms with van der Waals surface area (Å²) >= 11 is 12.2. The maximum Gasteiger partial charge on any atom is 0.255 e. The predicted octanol–water partition coefficient (Wildman–Crippen LogP) is 7.38. The first kappa shape index (κ1) is 22.0. The Morgan fingerprint density at radius 1 is 0.875 bits per heavy atom. The van der Waals surface area contributed by atoms with Crippen LogP contribution in [0.5, 0.6) is 11.5 Å². The van der Waals surface area contributed by atoms with Gasteiger partial charge in [-0.05, 0) is 66.2 Å². The zero-order chi connectivity index (χ0) is 22.5. The van der Waals surface area contributed by atoms with E-state index in [0.29, 0.717) is 33.7 Å². The number of hydrogen-bond acceptors (Lipinski definition) is 3. The second-order valence-electron chi connectivity index (χ2n) is 7.13. The van der Waals surface area contributed by atoms with Crippen molar-refractivity contribution in [2.45, 2.75) is 13.5 Å². The van der Waals surface area contributed by atoms with Crippen LogP contribution in [0.4, 0.5) is 5.69 Å². The molecule has 0 bridgehead atoms. The maximum atomic E-state index is 12.8. The standard InChI is InChI=1S/C26H21Cl2NO3/c1-2-31-25-12-8-19(26(30)29-24-15-21(27)9-11-23(24)28)13-20(25)16-32-22-10-7-17-5-3-4-6-18(17)14-22/h3-15H,2,16H2,1H3,(H,29,30). The van der Waals surface area contributed by atoms with E-state index in [0.717, 1.165) is 22.1 Å². The number of ether oxygens (including phenoxy) is 2. The van der Waals surface area contributed by atoms with Crippen molar-refractivity contribution in [3.05, 3.63) is 100 Å². The Bertz CT molecular complexity index is 1270. The van der Waals surface area contributed by atoms with Gasteiger partial charge in [0.1, 0.15) is 18.1 Å². The highest BCUT2D eigenvalue weighted by molar-refractivity contribution is 6.35. The lowest BCUT2D eigenvalue weighted by Crippen LogP contribution is -2.13. The van der Waals surface area contributed by atoms with E-state index in [1.54, 1.807) is 36.4 Å². The molecule has 0 fully saturated rings. The predicted molar refractivity (Wildman–Crippen MR) is 130 cm³/mol. The first-order valence-corrected chi connectivity index (χ1v) is 10.9. The minimum absolute atomic E-state index is 0.257. The molecule has 0 radical (unpaired) electrons. The van der Waals surface area contributed by atoms with Crippen LogP contribution in [-0.4, -0.2) is 12.5 Å². The Morgan fingerprint density at radius 2 is 1.69 bits per heavy atom. The number of halogens is 2. The van der Waals surface area contributed by atoms with Crippen LogP contribution in [-0.2, 0) is 6.61 Å². The van der Waals surface area contributed by atoms with Crippen LogP contribution >= 0.6 is 23.2 Å². The zero-order valence-electron chi connectivity index (χ0n) is 17.4. The van der Waals surface area contributed by atoms with Crippen LogP contribution in [0.2, 0.25) is 10.0 Å². The summed E-state index contributed by atoms with van der Waals surface area (Å²) in [6, 6.07) is 24.2. The average Bonchev–Trinajstić information content (AvgIpc) is 2.80. The summed E-state index contributed by atoms with van der Waals surface area (Å²) in [6.45, 7) is 2.68. The third kappa shape index (κ3) is 5.16. The second kappa shape index (κ2) is 9.94. The fourth-order valence-electron chi connectivity index (χ4n) is 3.34. The molecule has 4 rings (SSSR count). The highest BCUT2D eigenvalue weighted by atomic mass is 35.5. The lowest BCUT2D eigenvalue weighted by molar-refractivity contribution is 0.102. The molecule has 4 aromatic carbocycles. The Balaban J connectivity index is 1.55. The lowest BCUT2D eigenvalue weighted by atomic mass is 10.1. The van der Waals surface area contributed by atoms with Gasteiger partial charge in [0.25, 0.3) is 5.91 Å². The van der Waals surface area contributed by atoms with Crippen molar-refractivity contribution >= 4 is 45.6 Å². The minimum Gasteiger partial charge on any atom is -0.493 e. The molecule has 1 amide bonds. The van der Waals surface area contributed by atoms with Gasteiger partial charge in [-0.1, -0.05) is 53.5 Å². The van der Waals surface area contributed by atoms with E-state index in [1.807, 2.05) is 43.3 Å². The van der Waals surface area contributed by atoms with Crippen LogP contribution in [0.1, 0.15) is 22.8 Å². The number of carbonyl (C=O) groups excluding carboxylic acids is 1. The van der Waals surface area contributed by atoms with Crippen molar-refractivity contribution in [2.75, 3.05) is 11.9 Å². The SMILES string of the molecule is CCOc1ccc(C(=O)Nc2cc(Cl)ccc2Cl)cc1COc1ccc2ccccc2c1. The summed E-state index contributed by atoms with van der Waals surface area (Å²) in [5.74, 6) is 1.11. The molecule has 4 nitrogen and oxygen atoms in total. The van der Waals surface area contributed by atoms with Crippen LogP contribution < -0.4 is 14.8 Å². The van der Waals surface area contributed by atoms with E-state index in [4.69, 9.17) is 32.7 Å². The van der Waals surface area contributed by atoms with E-state index in [-0.39, 0.29) is 12.5 Å². The van der Waals surface area contributed by atoms with Crippen molar-refractivity contribution in [2.24, 2.45) is 0 Å². The third-order valence-corrected chi connectivity index (χ3v) is 5.48. The molecular formula is C26H21Cl2NO3. The summed E-state index contributed by atoms with van der Waals surface area (Å²) in [5.41, 5.74) is 1.68. The minimum atomic E-state index is -0.302. The number of fused-ring (bicyclic) bond motifs is 1. The summed E-state index contributed by atoms with van der Waals surface area (Å²) in [4.78, 5) is 12.8. The lowest BCUT2D eigenvalue weighted by Gasteiger charge is -2.14. The fraction of sp³-hybridized carbons (Fsp3) is 0.115. The van der Waals surface area contributed by atoms with E-state index in [2.05, 4.69) is 11.4 Å². The Kier molecular flexibility index (Phi) is 6.84. The van der Waals surface area contributed by atoms with E-state index in [1.165, 1.54) is 0 Å². The Labute approximate surface area is 196 Å². The second-order valence-corrected chi connectivity index (χ2v) is 7.98. The molecule has 0 aromatic heterocycles. The van der Waals surface area contributed by atoms with Crippen LogP contribution in [0.3, 0.4) is 0 Å². The molecule has 0 aliphatic carbocycles. The zero-order valence-corrected chi connectivity index (χ0v) is 18.9. The molecule has 0 heterocycles. The quantitative estimate of drug-likeness (QED) is 0.309. The number of rotatable bonds is 7. The molecule has 0 saturated heterocycles. The van der Waals surface area contributed by atoms with Gasteiger partial charge in [-0.3, -0.25) is 4.79 Å². The van der Waals surface area contributed by atoms with Crippen LogP contribution in [0, 0.1) is 0 Å². The normalized spacial score (nSPS) is 10.7. The number of nitrogens with one attached hydrogen (secondary N) is 1. The van der Waals surface area contributed by atoms with Gasteiger partial charge in [0.05, 0.1) is 17.3 Å². The number of hydrogen-bond donors (Lipinski definition) is 1. The largest absolute Gasteiger partial charge is 0.493 e. The molecule has 32 heavy (non-hydrogen) atoms. The van der Waals surface area contributed by atoms with Crippen molar-refractivity contribution in [1.82, 2.24) is 0 Å². The molecule has 4 aromatic rings. The first-order chi connectivity index (χ1) is 15.5. The van der Waals surface area contributed by atoms with Gasteiger partial charge in [-0.2, -0.15) is 0 Å². The summed E-state index contributed by atoms with van der Waals surface area (Å²) in [7, 11) is 0. The molecule has 0 saturated carbocycles. The Morgan fingerprint density at radius 3 is 2.50 bits per heavy atom. The van der Waals surface area contributed by atoms with Crippen molar-refractivity contribution in [3.63, 3.8) is 0 Å². The summed E-state index contributed by atoms with van der Waals surface area (Å²) < 4.78 is 11.8. The van der Waals surface area contributed by atoms with Crippen molar-refractivity contribution in [3.8, 4) is 11.5 Å². The van der Waals surface area contributed by atoms with Gasteiger partial charge in [-0.15, -0.1) is 0 Å². The molecule has 162 valence electrons. The molecule has 0 spiro atoms. The van der Waals surface area contributed by atoms with E-state index < -0.39 is 0 Å². The molecule has 0 aliphatic rings. The van der Waals surface area contributed by atoms with Gasteiger partial charge in [-0.25, -0.2) is 0 Å². The fourth-order valence-corrected chi connectivity index (χ4v) is 3.67. The van der Waals surface area contributed by atoms with Crippen molar-refractivity contribution < 1.29 is 14.3 Å². The number of amides is 1. The van der Waals surface area contributed by atoms with Gasteiger partial charge in [0.2, 0.25) is 0 Å². The van der Waals surface area contributed by atoms with Gasteiger partial charge < -0.3 is 14.8 Å². The molecule has 1 N–H and O–H groups in total. The van der Waals surface area contributed by atoms with E-state index >= 15 is 0 Å². The molecule has 6 heteroatoms. The average molecular weight is 466 g/mol. The molecule has 0 aliphatic heterocycles. The smallest absolute Gasteiger partial charge is 0.255 e. The maximum absolute atomic E-state index is 12.8. The molecule has 0 unspecified atom stereocenters. The topological polar surface area (TPSA) is 47.6 Å². The third-order valence-electron chi connectivity index (χ3n) is 4.91. The monoisotopic (exact) mass is 465 g/mol. The highest BCUT2D eigenvalue weighted by Crippen LogP contribution is 2.28. The van der Waals surface area contributed by atoms with Crippen molar-refractivity contribution in [1.29, 1.82) is 0 Å². The van der Waals surface area contributed by atoms with Gasteiger partial charge in [0.15, 0.2) is 0 Å². The highest BCUT2D eigenvalue weighted by Gasteiger charge is 2.13. The van der Waals surface area contributed by atoms with Crippen LogP contribution in [0.15, 0.2) is 78.9 Å². The van der Waals surface area contributed by atoms with Gasteiger partial charge >= 0.3 is 0 Å². The number of benzene rings is 4. The summed E-state index contributed by atoms with van der Waals surface area (Å²) in [5, 5.41) is 5.95. The number of anilines is 1. The summed E-state index contributed by atoms with van der Waals surface area (Å²) in [6.07, 6.45) is 0. The van der Waals surface area contributed by atoms with E-state index in [9.17, 15) is 4.79 Å². The first-order valence-electron chi connectivity index (χ1n) is 10.2. The molecule has 0 atom stereocenters. The number of carbonyl (C=O) groups is 1. The van der Waals surface area contributed by atoms with Gasteiger partial charge in [0, 0.05) is 16.1 Å². The van der Waals surface area contributed by atoms with Crippen LogP contribution in [0.25, 0.3) is 10.8 Å². The Hall–Kier alpha value is -3.21.